The molecule has 5 aliphatic carbocycles. The fourth-order valence-corrected chi connectivity index (χ4v) is 6.34. The highest BCUT2D eigenvalue weighted by Gasteiger charge is 2.61. The molecular formula is C18H29NO2. The Morgan fingerprint density at radius 2 is 1.38 bits per heavy atom. The van der Waals surface area contributed by atoms with Crippen LogP contribution >= 0.6 is 0 Å². The topological polar surface area (TPSA) is 49.3 Å². The molecule has 0 aromatic carbocycles. The number of carboxylic acids is 1. The zero-order chi connectivity index (χ0) is 14.4. The van der Waals surface area contributed by atoms with E-state index in [1.54, 1.807) is 0 Å². The molecule has 5 fully saturated rings. The summed E-state index contributed by atoms with van der Waals surface area (Å²) in [5, 5.41) is 13.9. The van der Waals surface area contributed by atoms with Crippen LogP contribution in [0.1, 0.15) is 70.6 Å². The first-order valence-electron chi connectivity index (χ1n) is 9.19. The number of rotatable bonds is 3. The minimum atomic E-state index is -0.581. The van der Waals surface area contributed by atoms with E-state index in [2.05, 4.69) is 5.32 Å². The SMILES string of the molecule is O=C(O)C1(NC2CCCCCC2)C2CC3CC(C2)CC1C3. The smallest absolute Gasteiger partial charge is 0.324 e. The lowest BCUT2D eigenvalue weighted by molar-refractivity contribution is -0.166. The lowest BCUT2D eigenvalue weighted by Gasteiger charge is -2.60. The van der Waals surface area contributed by atoms with Gasteiger partial charge in [0, 0.05) is 6.04 Å². The molecule has 0 aliphatic heterocycles. The molecule has 0 radical (unpaired) electrons. The Morgan fingerprint density at radius 3 is 1.86 bits per heavy atom. The molecule has 0 heterocycles. The van der Waals surface area contributed by atoms with Gasteiger partial charge in [-0.3, -0.25) is 10.1 Å². The highest BCUT2D eigenvalue weighted by atomic mass is 16.4. The summed E-state index contributed by atoms with van der Waals surface area (Å²) < 4.78 is 0. The number of carboxylic acid groups (broad SMARTS) is 1. The average Bonchev–Trinajstić information content (AvgIpc) is 2.70. The van der Waals surface area contributed by atoms with Crippen molar-refractivity contribution in [1.29, 1.82) is 0 Å². The van der Waals surface area contributed by atoms with Gasteiger partial charge in [-0.1, -0.05) is 25.7 Å². The third-order valence-corrected chi connectivity index (χ3v) is 7.08. The van der Waals surface area contributed by atoms with Crippen LogP contribution in [0.4, 0.5) is 0 Å². The molecule has 0 aromatic heterocycles. The molecule has 0 unspecified atom stereocenters. The van der Waals surface area contributed by atoms with Gasteiger partial charge in [-0.25, -0.2) is 0 Å². The standard InChI is InChI=1S/C18H29NO2/c20-17(21)18(19-16-5-3-1-2-4-6-16)14-8-12-7-13(10-14)11-15(18)9-12/h12-16,19H,1-11H2,(H,20,21). The summed E-state index contributed by atoms with van der Waals surface area (Å²) in [7, 11) is 0. The molecule has 2 N–H and O–H groups in total. The van der Waals surface area contributed by atoms with Crippen LogP contribution in [0.3, 0.4) is 0 Å². The Balaban J connectivity index is 1.59. The van der Waals surface area contributed by atoms with Crippen LogP contribution in [0.25, 0.3) is 0 Å². The molecule has 4 bridgehead atoms. The van der Waals surface area contributed by atoms with Gasteiger partial charge >= 0.3 is 5.97 Å². The van der Waals surface area contributed by atoms with E-state index in [1.165, 1.54) is 70.6 Å². The fraction of sp³-hybridized carbons (Fsp3) is 0.944. The highest BCUT2D eigenvalue weighted by Crippen LogP contribution is 2.58. The van der Waals surface area contributed by atoms with Crippen molar-refractivity contribution in [3.63, 3.8) is 0 Å². The molecule has 0 atom stereocenters. The third kappa shape index (κ3) is 2.23. The Hall–Kier alpha value is -0.570. The summed E-state index contributed by atoms with van der Waals surface area (Å²) in [5.74, 6) is 1.91. The van der Waals surface area contributed by atoms with Crippen molar-refractivity contribution in [2.45, 2.75) is 82.2 Å². The molecule has 5 aliphatic rings. The van der Waals surface area contributed by atoms with Crippen LogP contribution < -0.4 is 5.32 Å². The largest absolute Gasteiger partial charge is 0.480 e. The Labute approximate surface area is 127 Å². The number of carbonyl (C=O) groups is 1. The van der Waals surface area contributed by atoms with Crippen molar-refractivity contribution in [2.75, 3.05) is 0 Å². The van der Waals surface area contributed by atoms with Crippen LogP contribution in [0.2, 0.25) is 0 Å². The fourth-order valence-electron chi connectivity index (χ4n) is 6.34. The van der Waals surface area contributed by atoms with Gasteiger partial charge in [-0.15, -0.1) is 0 Å². The maximum Gasteiger partial charge on any atom is 0.324 e. The van der Waals surface area contributed by atoms with Crippen molar-refractivity contribution in [2.24, 2.45) is 23.7 Å². The number of hydrogen-bond donors (Lipinski definition) is 2. The Kier molecular flexibility index (Phi) is 3.52. The summed E-state index contributed by atoms with van der Waals surface area (Å²) in [6, 6.07) is 0.445. The van der Waals surface area contributed by atoms with Crippen LogP contribution in [0.15, 0.2) is 0 Å². The number of hydrogen-bond acceptors (Lipinski definition) is 2. The van der Waals surface area contributed by atoms with Gasteiger partial charge in [0.25, 0.3) is 0 Å². The lowest BCUT2D eigenvalue weighted by Crippen LogP contribution is -2.70. The molecule has 0 amide bonds. The quantitative estimate of drug-likeness (QED) is 0.781. The van der Waals surface area contributed by atoms with Crippen LogP contribution in [0.5, 0.6) is 0 Å². The van der Waals surface area contributed by atoms with E-state index in [1.807, 2.05) is 0 Å². The highest BCUT2D eigenvalue weighted by molar-refractivity contribution is 5.80. The maximum atomic E-state index is 12.3. The molecule has 5 rings (SSSR count). The van der Waals surface area contributed by atoms with E-state index in [0.29, 0.717) is 17.9 Å². The average molecular weight is 291 g/mol. The lowest BCUT2D eigenvalue weighted by atomic mass is 9.48. The monoisotopic (exact) mass is 291 g/mol. The van der Waals surface area contributed by atoms with Gasteiger partial charge in [-0.2, -0.15) is 0 Å². The summed E-state index contributed by atoms with van der Waals surface area (Å²) in [6.45, 7) is 0. The van der Waals surface area contributed by atoms with Crippen LogP contribution in [0, 0.1) is 23.7 Å². The van der Waals surface area contributed by atoms with E-state index in [0.717, 1.165) is 11.8 Å². The normalized spacial score (nSPS) is 46.5. The van der Waals surface area contributed by atoms with Gasteiger partial charge in [0.1, 0.15) is 5.54 Å². The molecule has 3 nitrogen and oxygen atoms in total. The first kappa shape index (κ1) is 14.0. The zero-order valence-corrected chi connectivity index (χ0v) is 13.0. The van der Waals surface area contributed by atoms with Gasteiger partial charge in [0.15, 0.2) is 0 Å². The van der Waals surface area contributed by atoms with Crippen molar-refractivity contribution >= 4 is 5.97 Å². The van der Waals surface area contributed by atoms with E-state index in [4.69, 9.17) is 0 Å². The Bertz CT molecular complexity index is 383. The van der Waals surface area contributed by atoms with Gasteiger partial charge in [-0.05, 0) is 68.6 Å². The molecule has 5 saturated carbocycles. The molecule has 0 saturated heterocycles. The second kappa shape index (κ2) is 5.26. The van der Waals surface area contributed by atoms with Gasteiger partial charge in [0.05, 0.1) is 0 Å². The summed E-state index contributed by atoms with van der Waals surface area (Å²) >= 11 is 0. The molecule has 21 heavy (non-hydrogen) atoms. The molecule has 3 heteroatoms. The van der Waals surface area contributed by atoms with E-state index < -0.39 is 11.5 Å². The summed E-state index contributed by atoms with van der Waals surface area (Å²) in [5.41, 5.74) is -0.581. The van der Waals surface area contributed by atoms with Gasteiger partial charge < -0.3 is 5.11 Å². The molecule has 0 spiro atoms. The van der Waals surface area contributed by atoms with Crippen molar-refractivity contribution in [1.82, 2.24) is 5.32 Å². The van der Waals surface area contributed by atoms with Crippen LogP contribution in [-0.2, 0) is 4.79 Å². The van der Waals surface area contributed by atoms with Crippen molar-refractivity contribution in [3.8, 4) is 0 Å². The first-order valence-corrected chi connectivity index (χ1v) is 9.19. The molecule has 0 aromatic rings. The minimum absolute atomic E-state index is 0.398. The molecule has 118 valence electrons. The zero-order valence-electron chi connectivity index (χ0n) is 13.0. The third-order valence-electron chi connectivity index (χ3n) is 7.08. The first-order chi connectivity index (χ1) is 10.2. The minimum Gasteiger partial charge on any atom is -0.480 e. The Morgan fingerprint density at radius 1 is 0.857 bits per heavy atom. The predicted octanol–water partition coefficient (Wildman–Crippen LogP) is 3.58. The number of aliphatic carboxylic acids is 1. The second-order valence-electron chi connectivity index (χ2n) is 8.31. The van der Waals surface area contributed by atoms with E-state index >= 15 is 0 Å². The van der Waals surface area contributed by atoms with Gasteiger partial charge in [0.2, 0.25) is 0 Å². The second-order valence-corrected chi connectivity index (χ2v) is 8.31. The number of nitrogens with one attached hydrogen (secondary N) is 1. The summed E-state index contributed by atoms with van der Waals surface area (Å²) in [4.78, 5) is 12.3. The predicted molar refractivity (Wildman–Crippen MR) is 82.0 cm³/mol. The van der Waals surface area contributed by atoms with E-state index in [-0.39, 0.29) is 0 Å². The van der Waals surface area contributed by atoms with Crippen molar-refractivity contribution in [3.05, 3.63) is 0 Å². The maximum absolute atomic E-state index is 12.3. The van der Waals surface area contributed by atoms with Crippen molar-refractivity contribution < 1.29 is 9.90 Å². The molecular weight excluding hydrogens is 262 g/mol. The van der Waals surface area contributed by atoms with Crippen LogP contribution in [-0.4, -0.2) is 22.7 Å². The summed E-state index contributed by atoms with van der Waals surface area (Å²) in [6.07, 6.45) is 13.6. The van der Waals surface area contributed by atoms with E-state index in [9.17, 15) is 9.90 Å².